The summed E-state index contributed by atoms with van der Waals surface area (Å²) in [6.45, 7) is 6.18. The number of hydrogen-bond donors (Lipinski definition) is 2. The lowest BCUT2D eigenvalue weighted by molar-refractivity contribution is 0.234. The summed E-state index contributed by atoms with van der Waals surface area (Å²) < 4.78 is 5.62. The summed E-state index contributed by atoms with van der Waals surface area (Å²) >= 11 is 5.75. The number of aromatic nitrogens is 1. The molecular formula is C23H33N3O2S. The van der Waals surface area contributed by atoms with Gasteiger partial charge < -0.3 is 19.9 Å². The Hall–Kier alpha value is -2.08. The third-order valence-corrected chi connectivity index (χ3v) is 6.01. The fourth-order valence-electron chi connectivity index (χ4n) is 4.02. The van der Waals surface area contributed by atoms with E-state index in [1.807, 2.05) is 31.2 Å². The molecule has 0 atom stereocenters. The quantitative estimate of drug-likeness (QED) is 0.482. The Morgan fingerprint density at radius 3 is 2.76 bits per heavy atom. The van der Waals surface area contributed by atoms with E-state index < -0.39 is 0 Å². The smallest absolute Gasteiger partial charge is 0.253 e. The molecule has 0 spiro atoms. The third kappa shape index (κ3) is 5.72. The molecule has 2 aromatic rings. The largest absolute Gasteiger partial charge is 0.494 e. The van der Waals surface area contributed by atoms with Crippen molar-refractivity contribution in [2.45, 2.75) is 71.4 Å². The number of aromatic amines is 1. The van der Waals surface area contributed by atoms with Gasteiger partial charge in [-0.1, -0.05) is 32.6 Å². The van der Waals surface area contributed by atoms with Gasteiger partial charge in [0.15, 0.2) is 5.11 Å². The minimum absolute atomic E-state index is 0.0428. The van der Waals surface area contributed by atoms with E-state index in [0.717, 1.165) is 59.6 Å². The zero-order valence-electron chi connectivity index (χ0n) is 17.6. The van der Waals surface area contributed by atoms with Crippen LogP contribution in [0, 0.1) is 0 Å². The molecule has 1 heterocycles. The molecule has 1 aliphatic rings. The van der Waals surface area contributed by atoms with Gasteiger partial charge in [-0.3, -0.25) is 4.79 Å². The second-order valence-electron chi connectivity index (χ2n) is 7.81. The van der Waals surface area contributed by atoms with Crippen LogP contribution in [-0.4, -0.2) is 34.2 Å². The Bertz CT molecular complexity index is 874. The zero-order valence-corrected chi connectivity index (χ0v) is 18.4. The van der Waals surface area contributed by atoms with Crippen LogP contribution in [0.25, 0.3) is 10.9 Å². The highest BCUT2D eigenvalue weighted by Gasteiger charge is 2.24. The minimum Gasteiger partial charge on any atom is -0.494 e. The highest BCUT2D eigenvalue weighted by Crippen LogP contribution is 2.25. The Kier molecular flexibility index (Phi) is 7.92. The zero-order chi connectivity index (χ0) is 20.6. The number of hydrogen-bond acceptors (Lipinski definition) is 3. The lowest BCUT2D eigenvalue weighted by Gasteiger charge is -2.36. The van der Waals surface area contributed by atoms with Crippen LogP contribution in [0.1, 0.15) is 64.4 Å². The number of fused-ring (bicyclic) bond motifs is 1. The highest BCUT2D eigenvalue weighted by molar-refractivity contribution is 7.80. The van der Waals surface area contributed by atoms with Crippen molar-refractivity contribution in [1.29, 1.82) is 0 Å². The maximum Gasteiger partial charge on any atom is 0.253 e. The van der Waals surface area contributed by atoms with E-state index in [0.29, 0.717) is 19.2 Å². The van der Waals surface area contributed by atoms with Gasteiger partial charge in [0.25, 0.3) is 5.56 Å². The fourth-order valence-corrected chi connectivity index (χ4v) is 4.34. The van der Waals surface area contributed by atoms with E-state index in [2.05, 4.69) is 22.1 Å². The number of pyridine rings is 1. The summed E-state index contributed by atoms with van der Waals surface area (Å²) in [6, 6.07) is 8.17. The van der Waals surface area contributed by atoms with Gasteiger partial charge in [-0.25, -0.2) is 0 Å². The number of nitrogens with one attached hydrogen (secondary N) is 2. The van der Waals surface area contributed by atoms with Gasteiger partial charge in [0, 0.05) is 29.1 Å². The predicted molar refractivity (Wildman–Crippen MR) is 124 cm³/mol. The lowest BCUT2D eigenvalue weighted by atomic mass is 9.94. The van der Waals surface area contributed by atoms with Crippen LogP contribution < -0.4 is 15.6 Å². The van der Waals surface area contributed by atoms with Crippen molar-refractivity contribution >= 4 is 28.2 Å². The topological polar surface area (TPSA) is 57.4 Å². The SMILES string of the molecule is CCCCNC(=S)N(Cc1cc2cc(OCC)ccc2[nH]c1=O)C1CCCCC1. The molecule has 0 bridgehead atoms. The van der Waals surface area contributed by atoms with Crippen molar-refractivity contribution in [3.05, 3.63) is 40.2 Å². The van der Waals surface area contributed by atoms with Crippen LogP contribution in [0.2, 0.25) is 0 Å². The Morgan fingerprint density at radius 2 is 2.03 bits per heavy atom. The standard InChI is InChI=1S/C23H33N3O2S/c1-3-5-13-24-23(29)26(19-9-7-6-8-10-19)16-18-14-17-15-20(28-4-2)11-12-21(17)25-22(18)27/h11-12,14-15,19H,3-10,13,16H2,1-2H3,(H,24,29)(H,25,27). The van der Waals surface area contributed by atoms with E-state index >= 15 is 0 Å². The molecule has 2 N–H and O–H groups in total. The molecular weight excluding hydrogens is 382 g/mol. The van der Waals surface area contributed by atoms with Crippen LogP contribution in [0.5, 0.6) is 5.75 Å². The van der Waals surface area contributed by atoms with E-state index in [9.17, 15) is 4.79 Å². The fraction of sp³-hybridized carbons (Fsp3) is 0.565. The van der Waals surface area contributed by atoms with Crippen molar-refractivity contribution < 1.29 is 4.74 Å². The predicted octanol–water partition coefficient (Wildman–Crippen LogP) is 4.74. The molecule has 1 fully saturated rings. The maximum atomic E-state index is 12.8. The molecule has 6 heteroatoms. The third-order valence-electron chi connectivity index (χ3n) is 5.63. The van der Waals surface area contributed by atoms with Gasteiger partial charge >= 0.3 is 0 Å². The van der Waals surface area contributed by atoms with Crippen LogP contribution in [0.4, 0.5) is 0 Å². The number of unbranched alkanes of at least 4 members (excludes halogenated alkanes) is 1. The number of rotatable bonds is 8. The second kappa shape index (κ2) is 10.6. The average molecular weight is 416 g/mol. The molecule has 0 radical (unpaired) electrons. The molecule has 0 saturated heterocycles. The Morgan fingerprint density at radius 1 is 1.24 bits per heavy atom. The first-order chi connectivity index (χ1) is 14.1. The number of benzene rings is 1. The highest BCUT2D eigenvalue weighted by atomic mass is 32.1. The molecule has 1 aromatic heterocycles. The van der Waals surface area contributed by atoms with Gasteiger partial charge in [-0.05, 0) is 62.7 Å². The van der Waals surface area contributed by atoms with Crippen LogP contribution >= 0.6 is 12.2 Å². The van der Waals surface area contributed by atoms with Gasteiger partial charge in [-0.15, -0.1) is 0 Å². The molecule has 0 unspecified atom stereocenters. The van der Waals surface area contributed by atoms with Gasteiger partial charge in [0.1, 0.15) is 5.75 Å². The van der Waals surface area contributed by atoms with Crippen molar-refractivity contribution in [2.75, 3.05) is 13.2 Å². The Balaban J connectivity index is 1.86. The average Bonchev–Trinajstić information content (AvgIpc) is 2.73. The molecule has 1 aliphatic carbocycles. The van der Waals surface area contributed by atoms with Crippen LogP contribution in [0.15, 0.2) is 29.1 Å². The number of ether oxygens (including phenoxy) is 1. The van der Waals surface area contributed by atoms with Crippen molar-refractivity contribution in [3.8, 4) is 5.75 Å². The summed E-state index contributed by atoms with van der Waals surface area (Å²) in [5.74, 6) is 0.818. The van der Waals surface area contributed by atoms with Gasteiger partial charge in [-0.2, -0.15) is 0 Å². The summed E-state index contributed by atoms with van der Waals surface area (Å²) in [7, 11) is 0. The van der Waals surface area contributed by atoms with Crippen LogP contribution in [-0.2, 0) is 6.54 Å². The van der Waals surface area contributed by atoms with Gasteiger partial charge in [0.05, 0.1) is 13.2 Å². The molecule has 1 aromatic carbocycles. The molecule has 29 heavy (non-hydrogen) atoms. The number of nitrogens with zero attached hydrogens (tertiary/aromatic N) is 1. The second-order valence-corrected chi connectivity index (χ2v) is 8.20. The molecule has 0 aliphatic heterocycles. The first kappa shape index (κ1) is 21.6. The summed E-state index contributed by atoms with van der Waals surface area (Å²) in [5.41, 5.74) is 1.53. The first-order valence-electron chi connectivity index (χ1n) is 11.0. The molecule has 1 saturated carbocycles. The lowest BCUT2D eigenvalue weighted by Crippen LogP contribution is -2.47. The van der Waals surface area contributed by atoms with E-state index in [-0.39, 0.29) is 5.56 Å². The van der Waals surface area contributed by atoms with Gasteiger partial charge in [0.2, 0.25) is 0 Å². The summed E-state index contributed by atoms with van der Waals surface area (Å²) in [4.78, 5) is 18.0. The summed E-state index contributed by atoms with van der Waals surface area (Å²) in [5, 5.41) is 5.17. The van der Waals surface area contributed by atoms with Crippen molar-refractivity contribution in [3.63, 3.8) is 0 Å². The molecule has 5 nitrogen and oxygen atoms in total. The van der Waals surface area contributed by atoms with Crippen LogP contribution in [0.3, 0.4) is 0 Å². The minimum atomic E-state index is -0.0428. The first-order valence-corrected chi connectivity index (χ1v) is 11.4. The molecule has 3 rings (SSSR count). The molecule has 0 amide bonds. The summed E-state index contributed by atoms with van der Waals surface area (Å²) in [6.07, 6.45) is 8.23. The van der Waals surface area contributed by atoms with Crippen molar-refractivity contribution in [1.82, 2.24) is 15.2 Å². The van der Waals surface area contributed by atoms with E-state index in [1.165, 1.54) is 19.3 Å². The maximum absolute atomic E-state index is 12.8. The number of thiocarbonyl (C=S) groups is 1. The number of H-pyrrole nitrogens is 1. The molecule has 158 valence electrons. The normalized spacial score (nSPS) is 14.7. The van der Waals surface area contributed by atoms with E-state index in [1.54, 1.807) is 0 Å². The monoisotopic (exact) mass is 415 g/mol. The van der Waals surface area contributed by atoms with E-state index in [4.69, 9.17) is 17.0 Å². The Labute approximate surface area is 178 Å². The van der Waals surface area contributed by atoms with Crippen molar-refractivity contribution in [2.24, 2.45) is 0 Å².